The van der Waals surface area contributed by atoms with Gasteiger partial charge in [0.15, 0.2) is 0 Å². The lowest BCUT2D eigenvalue weighted by molar-refractivity contribution is -0.118. The Balaban J connectivity index is 2.16. The molecule has 0 bridgehead atoms. The molecule has 132 valence electrons. The minimum atomic E-state index is -0.804. The zero-order valence-electron chi connectivity index (χ0n) is 14.3. The highest BCUT2D eigenvalue weighted by atomic mass is 35.5. The summed E-state index contributed by atoms with van der Waals surface area (Å²) in [6, 6.07) is 9.96. The fraction of sp³-hybridized carbons (Fsp3) is 0.263. The Hall–Kier alpha value is -2.40. The third kappa shape index (κ3) is 4.79. The molecular weight excluding hydrogens is 343 g/mol. The molecule has 0 aliphatic rings. The van der Waals surface area contributed by atoms with Crippen molar-refractivity contribution in [3.8, 4) is 0 Å². The average Bonchev–Trinajstić information content (AvgIpc) is 2.55. The highest BCUT2D eigenvalue weighted by Gasteiger charge is 2.26. The quantitative estimate of drug-likeness (QED) is 0.838. The molecule has 0 radical (unpaired) electrons. The molecule has 1 atom stereocenters. The summed E-state index contributed by atoms with van der Waals surface area (Å²) in [4.78, 5) is 24.9. The number of aryl methyl sites for hydroxylation is 1. The molecule has 0 heterocycles. The summed E-state index contributed by atoms with van der Waals surface area (Å²) in [5.74, 6) is -1.80. The Labute approximate surface area is 151 Å². The Morgan fingerprint density at radius 3 is 2.40 bits per heavy atom. The Bertz CT molecular complexity index is 793. The van der Waals surface area contributed by atoms with Crippen molar-refractivity contribution in [3.05, 3.63) is 64.4 Å². The molecule has 0 fully saturated rings. The van der Waals surface area contributed by atoms with E-state index < -0.39 is 17.8 Å². The molecule has 0 aromatic heterocycles. The van der Waals surface area contributed by atoms with Crippen LogP contribution in [0.2, 0.25) is 5.02 Å². The number of benzene rings is 2. The van der Waals surface area contributed by atoms with Gasteiger partial charge in [-0.2, -0.15) is 0 Å². The van der Waals surface area contributed by atoms with E-state index >= 15 is 0 Å². The Morgan fingerprint density at radius 2 is 1.80 bits per heavy atom. The maximum Gasteiger partial charge on any atom is 0.254 e. The monoisotopic (exact) mass is 362 g/mol. The fourth-order valence-corrected chi connectivity index (χ4v) is 2.60. The SMILES string of the molecule is Cc1cc(Cl)ccc1NC(=O)C(NC(=O)c1ccccc1F)C(C)C. The summed E-state index contributed by atoms with van der Waals surface area (Å²) < 4.78 is 13.8. The number of hydrogen-bond acceptors (Lipinski definition) is 2. The number of carbonyl (C=O) groups excluding carboxylic acids is 2. The molecule has 2 aromatic rings. The van der Waals surface area contributed by atoms with Crippen LogP contribution in [0.15, 0.2) is 42.5 Å². The van der Waals surface area contributed by atoms with Crippen LogP contribution < -0.4 is 10.6 Å². The van der Waals surface area contributed by atoms with Crippen molar-refractivity contribution in [1.82, 2.24) is 5.32 Å². The van der Waals surface area contributed by atoms with Gasteiger partial charge in [0.05, 0.1) is 5.56 Å². The summed E-state index contributed by atoms with van der Waals surface area (Å²) in [5, 5.41) is 5.96. The van der Waals surface area contributed by atoms with E-state index in [0.29, 0.717) is 10.7 Å². The summed E-state index contributed by atoms with van der Waals surface area (Å²) in [5.41, 5.74) is 1.33. The standard InChI is InChI=1S/C19H20ClFN2O2/c1-11(2)17(23-18(24)14-6-4-5-7-15(14)21)19(25)22-16-9-8-13(20)10-12(16)3/h4-11,17H,1-3H3,(H,22,25)(H,23,24). The summed E-state index contributed by atoms with van der Waals surface area (Å²) >= 11 is 5.91. The van der Waals surface area contributed by atoms with Gasteiger partial charge in [-0.1, -0.05) is 37.6 Å². The third-order valence-corrected chi connectivity index (χ3v) is 4.04. The van der Waals surface area contributed by atoms with E-state index in [1.54, 1.807) is 38.1 Å². The van der Waals surface area contributed by atoms with E-state index in [-0.39, 0.29) is 17.4 Å². The third-order valence-electron chi connectivity index (χ3n) is 3.80. The number of nitrogens with one attached hydrogen (secondary N) is 2. The smallest absolute Gasteiger partial charge is 0.254 e. The van der Waals surface area contributed by atoms with Gasteiger partial charge in [-0.3, -0.25) is 9.59 Å². The highest BCUT2D eigenvalue weighted by Crippen LogP contribution is 2.20. The van der Waals surface area contributed by atoms with Crippen LogP contribution in [0.1, 0.15) is 29.8 Å². The first-order chi connectivity index (χ1) is 11.8. The van der Waals surface area contributed by atoms with Crippen molar-refractivity contribution in [2.45, 2.75) is 26.8 Å². The van der Waals surface area contributed by atoms with Crippen LogP contribution in [0.4, 0.5) is 10.1 Å². The van der Waals surface area contributed by atoms with Gasteiger partial charge >= 0.3 is 0 Å². The second-order valence-electron chi connectivity index (χ2n) is 6.12. The van der Waals surface area contributed by atoms with Gasteiger partial charge in [-0.15, -0.1) is 0 Å². The second kappa shape index (κ2) is 8.12. The molecule has 1 unspecified atom stereocenters. The molecule has 0 aliphatic carbocycles. The van der Waals surface area contributed by atoms with Gasteiger partial charge in [-0.05, 0) is 48.7 Å². The highest BCUT2D eigenvalue weighted by molar-refractivity contribution is 6.30. The summed E-state index contributed by atoms with van der Waals surface area (Å²) in [6.07, 6.45) is 0. The Kier molecular flexibility index (Phi) is 6.15. The first-order valence-electron chi connectivity index (χ1n) is 7.92. The van der Waals surface area contributed by atoms with Gasteiger partial charge in [0, 0.05) is 10.7 Å². The average molecular weight is 363 g/mol. The van der Waals surface area contributed by atoms with Crippen LogP contribution in [-0.4, -0.2) is 17.9 Å². The molecule has 2 aromatic carbocycles. The van der Waals surface area contributed by atoms with Crippen LogP contribution >= 0.6 is 11.6 Å². The van der Waals surface area contributed by atoms with Gasteiger partial charge < -0.3 is 10.6 Å². The first-order valence-corrected chi connectivity index (χ1v) is 8.29. The second-order valence-corrected chi connectivity index (χ2v) is 6.56. The lowest BCUT2D eigenvalue weighted by Gasteiger charge is -2.22. The number of halogens is 2. The van der Waals surface area contributed by atoms with E-state index in [1.807, 2.05) is 6.92 Å². The maximum absolute atomic E-state index is 13.8. The van der Waals surface area contributed by atoms with Gasteiger partial charge in [-0.25, -0.2) is 4.39 Å². The molecule has 6 heteroatoms. The van der Waals surface area contributed by atoms with Crippen LogP contribution in [0.5, 0.6) is 0 Å². The molecule has 25 heavy (non-hydrogen) atoms. The van der Waals surface area contributed by atoms with E-state index in [4.69, 9.17) is 11.6 Å². The lowest BCUT2D eigenvalue weighted by Crippen LogP contribution is -2.47. The minimum Gasteiger partial charge on any atom is -0.340 e. The predicted octanol–water partition coefficient (Wildman–Crippen LogP) is 4.18. The minimum absolute atomic E-state index is 0.0939. The van der Waals surface area contributed by atoms with Crippen LogP contribution in [0.25, 0.3) is 0 Å². The molecule has 2 N–H and O–H groups in total. The fourth-order valence-electron chi connectivity index (χ4n) is 2.38. The predicted molar refractivity (Wildman–Crippen MR) is 97.3 cm³/mol. The molecule has 0 spiro atoms. The topological polar surface area (TPSA) is 58.2 Å². The van der Waals surface area contributed by atoms with Gasteiger partial charge in [0.1, 0.15) is 11.9 Å². The summed E-state index contributed by atoms with van der Waals surface area (Å²) in [7, 11) is 0. The normalized spacial score (nSPS) is 11.9. The number of anilines is 1. The molecule has 2 amide bonds. The van der Waals surface area contributed by atoms with Crippen molar-refractivity contribution in [1.29, 1.82) is 0 Å². The van der Waals surface area contributed by atoms with Crippen molar-refractivity contribution in [2.75, 3.05) is 5.32 Å². The van der Waals surface area contributed by atoms with Crippen molar-refractivity contribution >= 4 is 29.1 Å². The van der Waals surface area contributed by atoms with Crippen LogP contribution in [-0.2, 0) is 4.79 Å². The van der Waals surface area contributed by atoms with Crippen LogP contribution in [0.3, 0.4) is 0 Å². The molecule has 2 rings (SSSR count). The molecule has 4 nitrogen and oxygen atoms in total. The maximum atomic E-state index is 13.8. The number of amides is 2. The number of hydrogen-bond donors (Lipinski definition) is 2. The molecular formula is C19H20ClFN2O2. The lowest BCUT2D eigenvalue weighted by atomic mass is 10.0. The molecule has 0 saturated heterocycles. The molecule has 0 saturated carbocycles. The first kappa shape index (κ1) is 18.9. The van der Waals surface area contributed by atoms with E-state index in [9.17, 15) is 14.0 Å². The zero-order chi connectivity index (χ0) is 18.6. The van der Waals surface area contributed by atoms with Crippen molar-refractivity contribution in [2.24, 2.45) is 5.92 Å². The van der Waals surface area contributed by atoms with Crippen molar-refractivity contribution < 1.29 is 14.0 Å². The van der Waals surface area contributed by atoms with Gasteiger partial charge in [0.2, 0.25) is 5.91 Å². The van der Waals surface area contributed by atoms with Crippen LogP contribution in [0, 0.1) is 18.7 Å². The zero-order valence-corrected chi connectivity index (χ0v) is 15.0. The molecule has 0 aliphatic heterocycles. The van der Waals surface area contributed by atoms with Gasteiger partial charge in [0.25, 0.3) is 5.91 Å². The summed E-state index contributed by atoms with van der Waals surface area (Å²) in [6.45, 7) is 5.44. The number of rotatable bonds is 5. The largest absolute Gasteiger partial charge is 0.340 e. The number of carbonyl (C=O) groups is 2. The van der Waals surface area contributed by atoms with E-state index in [1.165, 1.54) is 18.2 Å². The van der Waals surface area contributed by atoms with Crippen molar-refractivity contribution in [3.63, 3.8) is 0 Å². The van der Waals surface area contributed by atoms with E-state index in [2.05, 4.69) is 10.6 Å². The Morgan fingerprint density at radius 1 is 1.12 bits per heavy atom. The van der Waals surface area contributed by atoms with E-state index in [0.717, 1.165) is 5.56 Å².